The van der Waals surface area contributed by atoms with Gasteiger partial charge in [-0.05, 0) is 49.4 Å². The number of amides is 2. The maximum atomic E-state index is 12.5. The second-order valence-corrected chi connectivity index (χ2v) is 7.91. The van der Waals surface area contributed by atoms with Gasteiger partial charge in [-0.2, -0.15) is 0 Å². The van der Waals surface area contributed by atoms with Crippen LogP contribution in [-0.2, 0) is 9.53 Å². The Bertz CT molecular complexity index is 850. The van der Waals surface area contributed by atoms with Crippen LogP contribution in [0.1, 0.15) is 54.1 Å². The maximum Gasteiger partial charge on any atom is 0.248 e. The maximum absolute atomic E-state index is 12.5. The van der Waals surface area contributed by atoms with Gasteiger partial charge in [-0.25, -0.2) is 0 Å². The van der Waals surface area contributed by atoms with Crippen molar-refractivity contribution in [2.75, 3.05) is 19.7 Å². The fourth-order valence-corrected chi connectivity index (χ4v) is 4.20. The number of carbonyl (C=O) groups excluding carboxylic acids is 2. The van der Waals surface area contributed by atoms with E-state index in [4.69, 9.17) is 10.5 Å². The standard InChI is InChI=1S/C23H27N3O3/c24-23(28)18-5-3-16(4-6-18)19-7-8-21(25-15-19)17-9-11-26(12-10-17)22(27)14-20-2-1-13-29-20/h3-8,15,17,20H,1-2,9-14H2,(H2,24,28). The SMILES string of the molecule is NC(=O)c1ccc(-c2ccc(C3CCN(C(=O)CC4CCCO4)CC3)nc2)cc1. The van der Waals surface area contributed by atoms with E-state index in [-0.39, 0.29) is 12.0 Å². The minimum absolute atomic E-state index is 0.117. The Kier molecular flexibility index (Phi) is 5.90. The molecule has 2 amide bonds. The van der Waals surface area contributed by atoms with Crippen molar-refractivity contribution in [1.29, 1.82) is 0 Å². The van der Waals surface area contributed by atoms with Crippen molar-refractivity contribution < 1.29 is 14.3 Å². The van der Waals surface area contributed by atoms with Crippen LogP contribution in [0, 0.1) is 0 Å². The lowest BCUT2D eigenvalue weighted by Gasteiger charge is -2.32. The number of carbonyl (C=O) groups is 2. The number of nitrogens with two attached hydrogens (primary N) is 1. The highest BCUT2D eigenvalue weighted by Crippen LogP contribution is 2.29. The first-order valence-corrected chi connectivity index (χ1v) is 10.4. The summed E-state index contributed by atoms with van der Waals surface area (Å²) in [4.78, 5) is 30.3. The Morgan fingerprint density at radius 3 is 2.34 bits per heavy atom. The van der Waals surface area contributed by atoms with E-state index in [1.165, 1.54) is 0 Å². The number of pyridine rings is 1. The van der Waals surface area contributed by atoms with Gasteiger partial charge in [-0.3, -0.25) is 14.6 Å². The number of hydrogen-bond donors (Lipinski definition) is 1. The first-order valence-electron chi connectivity index (χ1n) is 10.4. The Morgan fingerprint density at radius 1 is 1.03 bits per heavy atom. The van der Waals surface area contributed by atoms with Crippen molar-refractivity contribution in [1.82, 2.24) is 9.88 Å². The lowest BCUT2D eigenvalue weighted by Crippen LogP contribution is -2.39. The van der Waals surface area contributed by atoms with Crippen molar-refractivity contribution in [3.05, 3.63) is 53.9 Å². The molecule has 1 unspecified atom stereocenters. The molecule has 0 spiro atoms. The van der Waals surface area contributed by atoms with Crippen LogP contribution in [0.15, 0.2) is 42.6 Å². The zero-order chi connectivity index (χ0) is 20.2. The van der Waals surface area contributed by atoms with Gasteiger partial charge in [-0.15, -0.1) is 0 Å². The van der Waals surface area contributed by atoms with Crippen LogP contribution in [0.2, 0.25) is 0 Å². The van der Waals surface area contributed by atoms with Crippen molar-refractivity contribution in [2.45, 2.75) is 44.1 Å². The number of benzene rings is 1. The van der Waals surface area contributed by atoms with Crippen LogP contribution in [0.3, 0.4) is 0 Å². The van der Waals surface area contributed by atoms with Gasteiger partial charge in [0.2, 0.25) is 11.8 Å². The number of hydrogen-bond acceptors (Lipinski definition) is 4. The molecular weight excluding hydrogens is 366 g/mol. The number of ether oxygens (including phenoxy) is 1. The van der Waals surface area contributed by atoms with Gasteiger partial charge in [0, 0.05) is 48.6 Å². The lowest BCUT2D eigenvalue weighted by atomic mass is 9.92. The number of nitrogens with zero attached hydrogens (tertiary/aromatic N) is 2. The summed E-state index contributed by atoms with van der Waals surface area (Å²) in [7, 11) is 0. The molecular formula is C23H27N3O3. The van der Waals surface area contributed by atoms with Gasteiger partial charge in [0.25, 0.3) is 0 Å². The topological polar surface area (TPSA) is 85.5 Å². The van der Waals surface area contributed by atoms with E-state index < -0.39 is 5.91 Å². The van der Waals surface area contributed by atoms with Crippen molar-refractivity contribution in [3.63, 3.8) is 0 Å². The second-order valence-electron chi connectivity index (χ2n) is 7.91. The molecule has 1 atom stereocenters. The molecule has 6 heteroatoms. The molecule has 3 heterocycles. The third-order valence-electron chi connectivity index (χ3n) is 5.98. The average molecular weight is 393 g/mol. The highest BCUT2D eigenvalue weighted by Gasteiger charge is 2.27. The zero-order valence-corrected chi connectivity index (χ0v) is 16.5. The van der Waals surface area contributed by atoms with Crippen LogP contribution in [0.5, 0.6) is 0 Å². The molecule has 6 nitrogen and oxygen atoms in total. The van der Waals surface area contributed by atoms with Gasteiger partial charge < -0.3 is 15.4 Å². The average Bonchev–Trinajstić information content (AvgIpc) is 3.27. The summed E-state index contributed by atoms with van der Waals surface area (Å²) in [5.74, 6) is 0.178. The molecule has 0 radical (unpaired) electrons. The van der Waals surface area contributed by atoms with Gasteiger partial charge >= 0.3 is 0 Å². The fraction of sp³-hybridized carbons (Fsp3) is 0.435. The van der Waals surface area contributed by atoms with E-state index in [9.17, 15) is 9.59 Å². The van der Waals surface area contributed by atoms with Gasteiger partial charge in [0.15, 0.2) is 0 Å². The van der Waals surface area contributed by atoms with E-state index in [0.29, 0.717) is 17.9 Å². The minimum Gasteiger partial charge on any atom is -0.378 e. The quantitative estimate of drug-likeness (QED) is 0.846. The van der Waals surface area contributed by atoms with Crippen molar-refractivity contribution in [2.24, 2.45) is 5.73 Å². The molecule has 2 aliphatic rings. The lowest BCUT2D eigenvalue weighted by molar-refractivity contribution is -0.134. The first kappa shape index (κ1) is 19.6. The molecule has 2 fully saturated rings. The van der Waals surface area contributed by atoms with Crippen molar-refractivity contribution in [3.8, 4) is 11.1 Å². The molecule has 2 N–H and O–H groups in total. The molecule has 0 saturated carbocycles. The summed E-state index contributed by atoms with van der Waals surface area (Å²) in [6, 6.07) is 11.4. The van der Waals surface area contributed by atoms with Crippen LogP contribution in [0.25, 0.3) is 11.1 Å². The summed E-state index contributed by atoms with van der Waals surface area (Å²) in [6.45, 7) is 2.36. The van der Waals surface area contributed by atoms with Gasteiger partial charge in [0.05, 0.1) is 12.5 Å². The summed E-state index contributed by atoms with van der Waals surface area (Å²) < 4.78 is 5.59. The molecule has 2 saturated heterocycles. The molecule has 29 heavy (non-hydrogen) atoms. The normalized spacial score (nSPS) is 20.0. The van der Waals surface area contributed by atoms with Crippen LogP contribution in [0.4, 0.5) is 0 Å². The van der Waals surface area contributed by atoms with Crippen LogP contribution >= 0.6 is 0 Å². The third-order valence-corrected chi connectivity index (χ3v) is 5.98. The second kappa shape index (κ2) is 8.74. The van der Waals surface area contributed by atoms with E-state index in [1.807, 2.05) is 23.2 Å². The summed E-state index contributed by atoms with van der Waals surface area (Å²) in [5.41, 5.74) is 8.88. The van der Waals surface area contributed by atoms with E-state index in [2.05, 4.69) is 17.1 Å². The molecule has 0 bridgehead atoms. The number of likely N-dealkylation sites (tertiary alicyclic amines) is 1. The third kappa shape index (κ3) is 4.65. The predicted molar refractivity (Wildman–Crippen MR) is 110 cm³/mol. The molecule has 152 valence electrons. The monoisotopic (exact) mass is 393 g/mol. The summed E-state index contributed by atoms with van der Waals surface area (Å²) in [6.07, 6.45) is 6.47. The Hall–Kier alpha value is -2.73. The molecule has 0 aliphatic carbocycles. The molecule has 1 aromatic heterocycles. The predicted octanol–water partition coefficient (Wildman–Crippen LogP) is 3.12. The van der Waals surface area contributed by atoms with Gasteiger partial charge in [-0.1, -0.05) is 18.2 Å². The highest BCUT2D eigenvalue weighted by atomic mass is 16.5. The fourth-order valence-electron chi connectivity index (χ4n) is 4.20. The smallest absolute Gasteiger partial charge is 0.248 e. The minimum atomic E-state index is -0.425. The summed E-state index contributed by atoms with van der Waals surface area (Å²) in [5, 5.41) is 0. The molecule has 4 rings (SSSR count). The molecule has 2 aromatic rings. The Morgan fingerprint density at radius 2 is 1.76 bits per heavy atom. The van der Waals surface area contributed by atoms with Crippen LogP contribution in [-0.4, -0.2) is 47.5 Å². The highest BCUT2D eigenvalue weighted by molar-refractivity contribution is 5.93. The zero-order valence-electron chi connectivity index (χ0n) is 16.5. The van der Waals surface area contributed by atoms with Crippen LogP contribution < -0.4 is 5.73 Å². The molecule has 1 aromatic carbocycles. The Balaban J connectivity index is 1.33. The first-order chi connectivity index (χ1) is 14.1. The molecule has 2 aliphatic heterocycles. The number of piperidine rings is 1. The van der Waals surface area contributed by atoms with E-state index in [0.717, 1.165) is 62.2 Å². The van der Waals surface area contributed by atoms with Crippen molar-refractivity contribution >= 4 is 11.8 Å². The van der Waals surface area contributed by atoms with Gasteiger partial charge in [0.1, 0.15) is 0 Å². The largest absolute Gasteiger partial charge is 0.378 e. The van der Waals surface area contributed by atoms with E-state index >= 15 is 0 Å². The van der Waals surface area contributed by atoms with E-state index in [1.54, 1.807) is 12.1 Å². The Labute approximate surface area is 171 Å². The number of aromatic nitrogens is 1. The number of primary amides is 1. The number of rotatable bonds is 5. The summed E-state index contributed by atoms with van der Waals surface area (Å²) >= 11 is 0.